The molecule has 3 aliphatic heterocycles. The predicted octanol–water partition coefficient (Wildman–Crippen LogP) is 5.39. The molecule has 40 heavy (non-hydrogen) atoms. The maximum atomic E-state index is 13.2. The number of halogens is 1. The van der Waals surface area contributed by atoms with Gasteiger partial charge >= 0.3 is 0 Å². The van der Waals surface area contributed by atoms with Gasteiger partial charge in [0.2, 0.25) is 11.9 Å². The number of benzene rings is 1. The van der Waals surface area contributed by atoms with Gasteiger partial charge in [-0.1, -0.05) is 11.6 Å². The largest absolute Gasteiger partial charge is 0.397 e. The SMILES string of the molecule is Nc1ccc(N2CCC(CC(=O)Nc3ccc4cc3CCC3C=NC=C(C3)Nc3ncc(Cl)c(n3)N4)CC2)nc1. The molecule has 11 heteroatoms. The number of hydrogen-bond acceptors (Lipinski definition) is 9. The first-order chi connectivity index (χ1) is 19.5. The number of piperidine rings is 1. The smallest absolute Gasteiger partial charge is 0.229 e. The predicted molar refractivity (Wildman–Crippen MR) is 160 cm³/mol. The van der Waals surface area contributed by atoms with Crippen LogP contribution in [0.2, 0.25) is 5.02 Å². The third-order valence-corrected chi connectivity index (χ3v) is 7.91. The molecule has 5 N–H and O–H groups in total. The van der Waals surface area contributed by atoms with E-state index in [-0.39, 0.29) is 11.8 Å². The molecule has 2 aromatic heterocycles. The number of fused-ring (bicyclic) bond motifs is 6. The molecule has 1 fully saturated rings. The highest BCUT2D eigenvalue weighted by Gasteiger charge is 2.23. The Labute approximate surface area is 238 Å². The molecule has 5 heterocycles. The van der Waals surface area contributed by atoms with Crippen molar-refractivity contribution in [1.82, 2.24) is 15.0 Å². The Bertz CT molecular complexity index is 1450. The van der Waals surface area contributed by atoms with E-state index in [0.29, 0.717) is 34.8 Å². The molecule has 3 aliphatic rings. The van der Waals surface area contributed by atoms with E-state index in [1.165, 1.54) is 0 Å². The topological polar surface area (TPSA) is 133 Å². The first kappa shape index (κ1) is 26.1. The second-order valence-corrected chi connectivity index (χ2v) is 11.0. The van der Waals surface area contributed by atoms with Crippen LogP contribution in [0.15, 0.2) is 59.6 Å². The highest BCUT2D eigenvalue weighted by molar-refractivity contribution is 6.32. The fourth-order valence-corrected chi connectivity index (χ4v) is 5.59. The maximum absolute atomic E-state index is 13.2. The van der Waals surface area contributed by atoms with Gasteiger partial charge in [0.25, 0.3) is 0 Å². The lowest BCUT2D eigenvalue weighted by molar-refractivity contribution is -0.117. The molecule has 3 aromatic rings. The number of nitrogens with one attached hydrogen (secondary N) is 3. The van der Waals surface area contributed by atoms with Gasteiger partial charge in [-0.2, -0.15) is 4.98 Å². The third kappa shape index (κ3) is 6.17. The third-order valence-electron chi connectivity index (χ3n) is 7.64. The first-order valence-electron chi connectivity index (χ1n) is 13.7. The second-order valence-electron chi connectivity index (χ2n) is 10.6. The van der Waals surface area contributed by atoms with Crippen LogP contribution in [0, 0.1) is 11.8 Å². The monoisotopic (exact) mass is 557 g/mol. The minimum absolute atomic E-state index is 0.0427. The van der Waals surface area contributed by atoms with E-state index in [0.717, 1.165) is 73.6 Å². The Morgan fingerprint density at radius 2 is 1.98 bits per heavy atom. The summed E-state index contributed by atoms with van der Waals surface area (Å²) in [5, 5.41) is 10.2. The molecule has 206 valence electrons. The van der Waals surface area contributed by atoms with E-state index in [4.69, 9.17) is 17.3 Å². The van der Waals surface area contributed by atoms with Crippen LogP contribution < -0.4 is 26.6 Å². The minimum Gasteiger partial charge on any atom is -0.397 e. The molecule has 0 saturated carbocycles. The van der Waals surface area contributed by atoms with Crippen molar-refractivity contribution in [2.24, 2.45) is 16.8 Å². The van der Waals surface area contributed by atoms with E-state index in [1.54, 1.807) is 12.4 Å². The Morgan fingerprint density at radius 1 is 1.10 bits per heavy atom. The van der Waals surface area contributed by atoms with Crippen molar-refractivity contribution in [3.63, 3.8) is 0 Å². The summed E-state index contributed by atoms with van der Waals surface area (Å²) in [5.74, 6) is 2.56. The number of nitrogen functional groups attached to an aromatic ring is 1. The summed E-state index contributed by atoms with van der Waals surface area (Å²) < 4.78 is 0. The molecule has 1 unspecified atom stereocenters. The summed E-state index contributed by atoms with van der Waals surface area (Å²) in [7, 11) is 0. The van der Waals surface area contributed by atoms with Gasteiger partial charge in [-0.25, -0.2) is 9.97 Å². The maximum Gasteiger partial charge on any atom is 0.229 e. The van der Waals surface area contributed by atoms with Gasteiger partial charge in [-0.3, -0.25) is 9.79 Å². The van der Waals surface area contributed by atoms with Crippen LogP contribution in [0.4, 0.5) is 34.6 Å². The zero-order valence-electron chi connectivity index (χ0n) is 22.1. The van der Waals surface area contributed by atoms with Gasteiger partial charge in [0, 0.05) is 54.9 Å². The number of aryl methyl sites for hydroxylation is 1. The molecule has 0 spiro atoms. The van der Waals surface area contributed by atoms with Gasteiger partial charge in [-0.15, -0.1) is 0 Å². The number of rotatable bonds is 4. The van der Waals surface area contributed by atoms with Gasteiger partial charge in [0.15, 0.2) is 5.82 Å². The van der Waals surface area contributed by atoms with Crippen molar-refractivity contribution < 1.29 is 4.79 Å². The highest BCUT2D eigenvalue weighted by Crippen LogP contribution is 2.31. The minimum atomic E-state index is 0.0427. The van der Waals surface area contributed by atoms with Crippen molar-refractivity contribution in [2.75, 3.05) is 39.7 Å². The van der Waals surface area contributed by atoms with Crippen molar-refractivity contribution in [3.8, 4) is 0 Å². The number of aliphatic imine (C=N–C) groups is 1. The molecule has 6 bridgehead atoms. The standard InChI is InChI=1S/C29H32ClN9O/c30-24-17-34-29-36-23-11-19(14-32-16-23)1-2-20-13-22(35-28(24)38-29)4-5-25(20)37-27(40)12-18-7-9-39(10-8-18)26-6-3-21(31)15-33-26/h3-6,13-19H,1-2,7-12,31H2,(H,37,40)(H2,34,35,36,38). The quantitative estimate of drug-likeness (QED) is 0.336. The van der Waals surface area contributed by atoms with Crippen LogP contribution in [0.25, 0.3) is 0 Å². The number of hydrogen-bond donors (Lipinski definition) is 4. The summed E-state index contributed by atoms with van der Waals surface area (Å²) in [6.07, 6.45) is 12.0. The Kier molecular flexibility index (Phi) is 7.50. The zero-order valence-corrected chi connectivity index (χ0v) is 22.9. The normalized spacial score (nSPS) is 18.8. The first-order valence-corrected chi connectivity index (χ1v) is 14.0. The summed E-state index contributed by atoms with van der Waals surface area (Å²) in [5.41, 5.74) is 10.1. The van der Waals surface area contributed by atoms with Crippen LogP contribution in [-0.2, 0) is 11.2 Å². The fraction of sp³-hybridized carbons (Fsp3) is 0.345. The van der Waals surface area contributed by atoms with Crippen LogP contribution in [0.5, 0.6) is 0 Å². The van der Waals surface area contributed by atoms with Crippen molar-refractivity contribution >= 4 is 58.4 Å². The summed E-state index contributed by atoms with van der Waals surface area (Å²) in [6, 6.07) is 9.79. The number of allylic oxidation sites excluding steroid dienone is 1. The highest BCUT2D eigenvalue weighted by atomic mass is 35.5. The van der Waals surface area contributed by atoms with Gasteiger partial charge in [0.05, 0.1) is 18.1 Å². The van der Waals surface area contributed by atoms with Crippen LogP contribution in [0.3, 0.4) is 0 Å². The average Bonchev–Trinajstić information content (AvgIpc) is 2.96. The number of aromatic nitrogens is 3. The molecule has 0 aliphatic carbocycles. The molecule has 1 aromatic carbocycles. The fourth-order valence-electron chi connectivity index (χ4n) is 5.45. The molecule has 0 radical (unpaired) electrons. The number of pyridine rings is 1. The molecular formula is C29H32ClN9O. The number of carbonyl (C=O) groups excluding carboxylic acids is 1. The van der Waals surface area contributed by atoms with Gasteiger partial charge in [-0.05, 0) is 73.9 Å². The molecule has 1 saturated heterocycles. The van der Waals surface area contributed by atoms with Crippen LogP contribution in [0.1, 0.15) is 37.7 Å². The van der Waals surface area contributed by atoms with Crippen molar-refractivity contribution in [1.29, 1.82) is 0 Å². The number of anilines is 6. The molecule has 1 amide bonds. The number of carbonyl (C=O) groups is 1. The number of nitrogens with two attached hydrogens (primary N) is 1. The van der Waals surface area contributed by atoms with Crippen molar-refractivity contribution in [3.05, 3.63) is 65.2 Å². The van der Waals surface area contributed by atoms with E-state index in [9.17, 15) is 4.79 Å². The lowest BCUT2D eigenvalue weighted by Gasteiger charge is -2.32. The van der Waals surface area contributed by atoms with Crippen LogP contribution in [-0.4, -0.2) is 40.2 Å². The summed E-state index contributed by atoms with van der Waals surface area (Å²) in [6.45, 7) is 1.75. The van der Waals surface area contributed by atoms with Gasteiger partial charge < -0.3 is 26.6 Å². The second kappa shape index (κ2) is 11.5. The van der Waals surface area contributed by atoms with Gasteiger partial charge in [0.1, 0.15) is 10.8 Å². The van der Waals surface area contributed by atoms with E-state index >= 15 is 0 Å². The molecule has 10 nitrogen and oxygen atoms in total. The lowest BCUT2D eigenvalue weighted by Crippen LogP contribution is -2.35. The molecule has 6 rings (SSSR count). The Balaban J connectivity index is 1.14. The van der Waals surface area contributed by atoms with E-state index in [2.05, 4.69) is 46.9 Å². The molecular weight excluding hydrogens is 526 g/mol. The lowest BCUT2D eigenvalue weighted by atomic mass is 9.92. The number of nitrogens with zero attached hydrogens (tertiary/aromatic N) is 5. The Hall–Kier alpha value is -4.18. The summed E-state index contributed by atoms with van der Waals surface area (Å²) >= 11 is 6.39. The van der Waals surface area contributed by atoms with Crippen molar-refractivity contribution in [2.45, 2.75) is 38.5 Å². The van der Waals surface area contributed by atoms with Crippen LogP contribution >= 0.6 is 11.6 Å². The number of amides is 1. The zero-order chi connectivity index (χ0) is 27.5. The Morgan fingerprint density at radius 3 is 2.80 bits per heavy atom. The average molecular weight is 558 g/mol. The summed E-state index contributed by atoms with van der Waals surface area (Å²) in [4.78, 5) is 33.2. The van der Waals surface area contributed by atoms with E-state index in [1.807, 2.05) is 36.7 Å². The molecule has 1 atom stereocenters. The van der Waals surface area contributed by atoms with E-state index < -0.39 is 0 Å².